The van der Waals surface area contributed by atoms with Gasteiger partial charge in [0.05, 0.1) is 18.3 Å². The Morgan fingerprint density at radius 2 is 2.03 bits per heavy atom. The Hall–Kier alpha value is -2.81. The summed E-state index contributed by atoms with van der Waals surface area (Å²) in [5.41, 5.74) is 2.99. The first kappa shape index (κ1) is 19.5. The number of hydrogen-bond donors (Lipinski definition) is 4. The molecule has 0 atom stereocenters. The SMILES string of the molecule is COCCNC(=O)C(=O)Nc1nn(C2CCCCCC2)c2c1CNc1[nH]ccc1-2. The fourth-order valence-electron chi connectivity index (χ4n) is 4.19. The number of aromatic nitrogens is 3. The van der Waals surface area contributed by atoms with E-state index in [2.05, 4.69) is 25.6 Å². The van der Waals surface area contributed by atoms with Crippen molar-refractivity contribution in [2.24, 2.45) is 0 Å². The van der Waals surface area contributed by atoms with Gasteiger partial charge in [-0.2, -0.15) is 5.10 Å². The first-order valence-corrected chi connectivity index (χ1v) is 10.3. The van der Waals surface area contributed by atoms with Crippen molar-refractivity contribution in [1.82, 2.24) is 20.1 Å². The van der Waals surface area contributed by atoms with Crippen LogP contribution in [0, 0.1) is 0 Å². The summed E-state index contributed by atoms with van der Waals surface area (Å²) in [7, 11) is 1.54. The van der Waals surface area contributed by atoms with Crippen LogP contribution in [0.1, 0.15) is 50.1 Å². The van der Waals surface area contributed by atoms with Crippen LogP contribution in [-0.4, -0.2) is 46.8 Å². The van der Waals surface area contributed by atoms with Crippen LogP contribution in [0.25, 0.3) is 11.3 Å². The Balaban J connectivity index is 1.63. The number of carbonyl (C=O) groups is 2. The van der Waals surface area contributed by atoms with Gasteiger partial charge >= 0.3 is 11.8 Å². The lowest BCUT2D eigenvalue weighted by Crippen LogP contribution is -2.37. The number of nitrogens with one attached hydrogen (secondary N) is 4. The normalized spacial score (nSPS) is 16.3. The van der Waals surface area contributed by atoms with Gasteiger partial charge in [-0.15, -0.1) is 0 Å². The van der Waals surface area contributed by atoms with E-state index in [0.29, 0.717) is 25.0 Å². The third kappa shape index (κ3) is 4.00. The molecule has 4 N–H and O–H groups in total. The average Bonchev–Trinajstić information content (AvgIpc) is 3.24. The van der Waals surface area contributed by atoms with Gasteiger partial charge < -0.3 is 25.7 Å². The molecule has 3 heterocycles. The van der Waals surface area contributed by atoms with Crippen molar-refractivity contribution in [3.63, 3.8) is 0 Å². The summed E-state index contributed by atoms with van der Waals surface area (Å²) in [6, 6.07) is 2.33. The molecule has 0 spiro atoms. The molecular weight excluding hydrogens is 372 g/mol. The average molecular weight is 400 g/mol. The van der Waals surface area contributed by atoms with Gasteiger partial charge in [0.1, 0.15) is 5.82 Å². The molecule has 2 aromatic rings. The maximum Gasteiger partial charge on any atom is 0.314 e. The number of H-pyrrole nitrogens is 1. The zero-order valence-electron chi connectivity index (χ0n) is 16.7. The highest BCUT2D eigenvalue weighted by Crippen LogP contribution is 2.41. The van der Waals surface area contributed by atoms with Crippen molar-refractivity contribution in [1.29, 1.82) is 0 Å². The lowest BCUT2D eigenvalue weighted by atomic mass is 10.0. The number of aromatic amines is 1. The van der Waals surface area contributed by atoms with E-state index in [1.54, 1.807) is 7.11 Å². The molecule has 0 bridgehead atoms. The number of carbonyl (C=O) groups excluding carboxylic acids is 2. The van der Waals surface area contributed by atoms with Crippen LogP contribution in [0.15, 0.2) is 12.3 Å². The number of ether oxygens (including phenoxy) is 1. The van der Waals surface area contributed by atoms with Crippen LogP contribution in [0.5, 0.6) is 0 Å². The van der Waals surface area contributed by atoms with Crippen molar-refractivity contribution in [2.45, 2.75) is 51.1 Å². The largest absolute Gasteiger partial charge is 0.383 e. The van der Waals surface area contributed by atoms with Gasteiger partial charge in [0.2, 0.25) is 0 Å². The Bertz CT molecular complexity index is 879. The van der Waals surface area contributed by atoms with E-state index >= 15 is 0 Å². The van der Waals surface area contributed by atoms with E-state index in [1.807, 2.05) is 12.3 Å². The van der Waals surface area contributed by atoms with Crippen LogP contribution in [-0.2, 0) is 20.9 Å². The van der Waals surface area contributed by atoms with E-state index in [0.717, 1.165) is 35.5 Å². The number of fused-ring (bicyclic) bond motifs is 3. The van der Waals surface area contributed by atoms with Crippen LogP contribution < -0.4 is 16.0 Å². The number of rotatable bonds is 5. The number of nitrogens with zero attached hydrogens (tertiary/aromatic N) is 2. The van der Waals surface area contributed by atoms with E-state index in [1.165, 1.54) is 25.7 Å². The second kappa shape index (κ2) is 8.69. The second-order valence-electron chi connectivity index (χ2n) is 7.59. The molecule has 156 valence electrons. The summed E-state index contributed by atoms with van der Waals surface area (Å²) in [4.78, 5) is 27.7. The summed E-state index contributed by atoms with van der Waals surface area (Å²) in [6.07, 6.45) is 8.92. The highest BCUT2D eigenvalue weighted by atomic mass is 16.5. The van der Waals surface area contributed by atoms with Gasteiger partial charge in [-0.25, -0.2) is 0 Å². The second-order valence-corrected chi connectivity index (χ2v) is 7.59. The fraction of sp³-hybridized carbons (Fsp3) is 0.550. The van der Waals surface area contributed by atoms with Crippen LogP contribution >= 0.6 is 0 Å². The lowest BCUT2D eigenvalue weighted by Gasteiger charge is -2.21. The van der Waals surface area contributed by atoms with Gasteiger partial charge in [0.15, 0.2) is 5.82 Å². The molecule has 2 aliphatic rings. The van der Waals surface area contributed by atoms with Gasteiger partial charge in [-0.05, 0) is 18.9 Å². The Morgan fingerprint density at radius 1 is 1.24 bits per heavy atom. The van der Waals surface area contributed by atoms with E-state index in [4.69, 9.17) is 9.84 Å². The summed E-state index contributed by atoms with van der Waals surface area (Å²) in [5, 5.41) is 13.4. The highest BCUT2D eigenvalue weighted by Gasteiger charge is 2.30. The first-order valence-electron chi connectivity index (χ1n) is 10.3. The molecule has 0 aromatic carbocycles. The van der Waals surface area contributed by atoms with Gasteiger partial charge in [0, 0.05) is 37.5 Å². The van der Waals surface area contributed by atoms with Crippen molar-refractivity contribution >= 4 is 23.5 Å². The van der Waals surface area contributed by atoms with E-state index in [-0.39, 0.29) is 6.54 Å². The first-order chi connectivity index (χ1) is 14.2. The monoisotopic (exact) mass is 400 g/mol. The van der Waals surface area contributed by atoms with Gasteiger partial charge in [-0.1, -0.05) is 25.7 Å². The van der Waals surface area contributed by atoms with Crippen LogP contribution in [0.2, 0.25) is 0 Å². The minimum Gasteiger partial charge on any atom is -0.383 e. The van der Waals surface area contributed by atoms with Crippen LogP contribution in [0.3, 0.4) is 0 Å². The summed E-state index contributed by atoms with van der Waals surface area (Å²) in [6.45, 7) is 1.17. The topological polar surface area (TPSA) is 113 Å². The predicted octanol–water partition coefficient (Wildman–Crippen LogP) is 2.40. The van der Waals surface area contributed by atoms with Gasteiger partial charge in [0.25, 0.3) is 0 Å². The van der Waals surface area contributed by atoms with E-state index in [9.17, 15) is 9.59 Å². The van der Waals surface area contributed by atoms with Crippen molar-refractivity contribution < 1.29 is 14.3 Å². The number of anilines is 2. The van der Waals surface area contributed by atoms with Crippen molar-refractivity contribution in [3.8, 4) is 11.3 Å². The van der Waals surface area contributed by atoms with Crippen molar-refractivity contribution in [3.05, 3.63) is 17.8 Å². The molecule has 2 amide bonds. The highest BCUT2D eigenvalue weighted by molar-refractivity contribution is 6.39. The molecule has 0 radical (unpaired) electrons. The molecule has 0 saturated heterocycles. The zero-order valence-corrected chi connectivity index (χ0v) is 16.7. The predicted molar refractivity (Wildman–Crippen MR) is 110 cm³/mol. The quantitative estimate of drug-likeness (QED) is 0.350. The minimum absolute atomic E-state index is 0.283. The lowest BCUT2D eigenvalue weighted by molar-refractivity contribution is -0.136. The molecule has 1 aliphatic carbocycles. The maximum absolute atomic E-state index is 12.4. The zero-order chi connectivity index (χ0) is 20.2. The molecule has 0 unspecified atom stereocenters. The van der Waals surface area contributed by atoms with Crippen molar-refractivity contribution in [2.75, 3.05) is 30.9 Å². The third-order valence-electron chi connectivity index (χ3n) is 5.65. The molecule has 1 fully saturated rings. The van der Waals surface area contributed by atoms with E-state index < -0.39 is 11.8 Å². The number of amides is 2. The molecule has 29 heavy (non-hydrogen) atoms. The smallest absolute Gasteiger partial charge is 0.314 e. The summed E-state index contributed by atoms with van der Waals surface area (Å²) < 4.78 is 6.97. The molecule has 2 aromatic heterocycles. The minimum atomic E-state index is -0.714. The Labute approximate surface area is 169 Å². The fourth-order valence-corrected chi connectivity index (χ4v) is 4.19. The summed E-state index contributed by atoms with van der Waals surface area (Å²) in [5.74, 6) is 0.0122. The molecule has 1 saturated carbocycles. The molecular formula is C20H28N6O3. The summed E-state index contributed by atoms with van der Waals surface area (Å²) >= 11 is 0. The molecule has 4 rings (SSSR count). The standard InChI is InChI=1S/C20H28N6O3/c1-29-11-10-22-19(27)20(28)24-18-15-12-23-17-14(8-9-21-17)16(15)26(25-18)13-6-4-2-3-5-7-13/h8-9,13,21,23H,2-7,10-12H2,1H3,(H,22,27)(H,24,25,28). The van der Waals surface area contributed by atoms with Crippen LogP contribution in [0.4, 0.5) is 11.6 Å². The molecule has 9 nitrogen and oxygen atoms in total. The van der Waals surface area contributed by atoms with Gasteiger partial charge in [-0.3, -0.25) is 14.3 Å². The number of hydrogen-bond acceptors (Lipinski definition) is 5. The Kier molecular flexibility index (Phi) is 5.84. The number of methoxy groups -OCH3 is 1. The third-order valence-corrected chi connectivity index (χ3v) is 5.65. The molecule has 9 heteroatoms. The Morgan fingerprint density at radius 3 is 2.79 bits per heavy atom. The maximum atomic E-state index is 12.4. The molecule has 1 aliphatic heterocycles.